The summed E-state index contributed by atoms with van der Waals surface area (Å²) in [4.78, 5) is 0. The second kappa shape index (κ2) is 36.4. The number of aliphatic hydroxyl groups excluding tert-OH is 1. The molecule has 0 spiro atoms. The minimum Gasteiger partial charge on any atom is -0.396 e. The van der Waals surface area contributed by atoms with Crippen molar-refractivity contribution in [2.24, 2.45) is 0 Å². The maximum absolute atomic E-state index is 8.78. The summed E-state index contributed by atoms with van der Waals surface area (Å²) in [6, 6.07) is 0. The summed E-state index contributed by atoms with van der Waals surface area (Å²) in [5.41, 5.74) is 0. The van der Waals surface area contributed by atoms with Crippen molar-refractivity contribution in [2.75, 3.05) is 6.61 Å². The van der Waals surface area contributed by atoms with E-state index in [0.29, 0.717) is 6.61 Å². The van der Waals surface area contributed by atoms with Crippen LogP contribution in [0.25, 0.3) is 0 Å². The second-order valence-corrected chi connectivity index (χ2v) is 12.0. The monoisotopic (exact) mass is 533 g/mol. The van der Waals surface area contributed by atoms with E-state index in [1.807, 2.05) is 0 Å². The van der Waals surface area contributed by atoms with E-state index in [2.05, 4.69) is 31.2 Å². The molecule has 226 valence electrons. The standard InChI is InChI=1S/C37H72O/c1-2-3-4-5-6-7-8-9-10-11-12-13-14-15-16-17-18-19-20-21-22-23-24-25-26-27-28-29-30-31-32-33-34-35-36-37-38/h11-12,14-15,38H,2-10,13,16-37H2,1H3/b12-11+,15-14+. The zero-order chi connectivity index (χ0) is 27.5. The summed E-state index contributed by atoms with van der Waals surface area (Å²) in [7, 11) is 0. The molecule has 0 aliphatic carbocycles. The molecule has 0 aliphatic heterocycles. The van der Waals surface area contributed by atoms with Crippen molar-refractivity contribution >= 4 is 0 Å². The molecule has 38 heavy (non-hydrogen) atoms. The third-order valence-corrected chi connectivity index (χ3v) is 8.11. The van der Waals surface area contributed by atoms with E-state index in [-0.39, 0.29) is 0 Å². The van der Waals surface area contributed by atoms with E-state index in [1.165, 1.54) is 186 Å². The summed E-state index contributed by atoms with van der Waals surface area (Å²) in [5, 5.41) is 8.78. The van der Waals surface area contributed by atoms with Gasteiger partial charge in [-0.25, -0.2) is 0 Å². The van der Waals surface area contributed by atoms with Gasteiger partial charge in [0.15, 0.2) is 0 Å². The van der Waals surface area contributed by atoms with Gasteiger partial charge in [-0.1, -0.05) is 192 Å². The maximum atomic E-state index is 8.78. The quantitative estimate of drug-likeness (QED) is 0.0658. The first-order chi connectivity index (χ1) is 18.9. The zero-order valence-electron chi connectivity index (χ0n) is 26.4. The molecule has 0 bridgehead atoms. The van der Waals surface area contributed by atoms with Gasteiger partial charge in [-0.15, -0.1) is 0 Å². The van der Waals surface area contributed by atoms with Gasteiger partial charge in [0.2, 0.25) is 0 Å². The molecule has 0 amide bonds. The number of hydrogen-bond donors (Lipinski definition) is 1. The lowest BCUT2D eigenvalue weighted by molar-refractivity contribution is 0.282. The van der Waals surface area contributed by atoms with Crippen molar-refractivity contribution in [2.45, 2.75) is 206 Å². The van der Waals surface area contributed by atoms with Gasteiger partial charge in [-0.05, 0) is 38.5 Å². The Kier molecular flexibility index (Phi) is 35.9. The fraction of sp³-hybridized carbons (Fsp3) is 0.892. The van der Waals surface area contributed by atoms with Crippen molar-refractivity contribution in [3.05, 3.63) is 24.3 Å². The van der Waals surface area contributed by atoms with Gasteiger partial charge in [0, 0.05) is 6.61 Å². The normalized spacial score (nSPS) is 11.9. The highest BCUT2D eigenvalue weighted by atomic mass is 16.2. The van der Waals surface area contributed by atoms with Gasteiger partial charge in [-0.3, -0.25) is 0 Å². The molecule has 0 aromatic carbocycles. The Morgan fingerprint density at radius 3 is 0.868 bits per heavy atom. The minimum atomic E-state index is 0.371. The smallest absolute Gasteiger partial charge is 0.0431 e. The molecule has 0 unspecified atom stereocenters. The summed E-state index contributed by atoms with van der Waals surface area (Å²) in [5.74, 6) is 0. The average Bonchev–Trinajstić information content (AvgIpc) is 2.93. The second-order valence-electron chi connectivity index (χ2n) is 12.0. The molecule has 0 atom stereocenters. The summed E-state index contributed by atoms with van der Waals surface area (Å²) >= 11 is 0. The van der Waals surface area contributed by atoms with Gasteiger partial charge >= 0.3 is 0 Å². The van der Waals surface area contributed by atoms with Crippen LogP contribution in [0.5, 0.6) is 0 Å². The topological polar surface area (TPSA) is 20.2 Å². The Bertz CT molecular complexity index is 452. The maximum Gasteiger partial charge on any atom is 0.0431 e. The van der Waals surface area contributed by atoms with Crippen LogP contribution in [0.15, 0.2) is 24.3 Å². The average molecular weight is 533 g/mol. The molecule has 0 rings (SSSR count). The van der Waals surface area contributed by atoms with E-state index in [1.54, 1.807) is 0 Å². The van der Waals surface area contributed by atoms with Crippen molar-refractivity contribution in [3.63, 3.8) is 0 Å². The Hall–Kier alpha value is -0.560. The van der Waals surface area contributed by atoms with E-state index in [4.69, 9.17) is 5.11 Å². The van der Waals surface area contributed by atoms with E-state index in [9.17, 15) is 0 Å². The van der Waals surface area contributed by atoms with Crippen LogP contribution in [0, 0.1) is 0 Å². The SMILES string of the molecule is CCCCCCCCCC/C=C/C/C=C/CCCCCCCCCCCCCCCCCCCCCCO. The molecule has 1 nitrogen and oxygen atoms in total. The highest BCUT2D eigenvalue weighted by Gasteiger charge is 1.96. The zero-order valence-corrected chi connectivity index (χ0v) is 26.4. The lowest BCUT2D eigenvalue weighted by atomic mass is 10.0. The Morgan fingerprint density at radius 2 is 0.579 bits per heavy atom. The molecule has 0 heterocycles. The number of rotatable bonds is 33. The summed E-state index contributed by atoms with van der Waals surface area (Å²) < 4.78 is 0. The molecule has 1 heteroatoms. The van der Waals surface area contributed by atoms with Crippen LogP contribution in [0.4, 0.5) is 0 Å². The van der Waals surface area contributed by atoms with Crippen molar-refractivity contribution < 1.29 is 5.11 Å². The molecule has 0 saturated carbocycles. The largest absolute Gasteiger partial charge is 0.396 e. The van der Waals surface area contributed by atoms with Crippen molar-refractivity contribution in [1.82, 2.24) is 0 Å². The van der Waals surface area contributed by atoms with E-state index >= 15 is 0 Å². The molecule has 0 aliphatic rings. The first-order valence-electron chi connectivity index (χ1n) is 17.8. The van der Waals surface area contributed by atoms with Crippen LogP contribution in [0.3, 0.4) is 0 Å². The number of hydrogen-bond acceptors (Lipinski definition) is 1. The van der Waals surface area contributed by atoms with E-state index in [0.717, 1.165) is 12.8 Å². The highest BCUT2D eigenvalue weighted by molar-refractivity contribution is 4.92. The Labute approximate surface area is 241 Å². The fourth-order valence-electron chi connectivity index (χ4n) is 5.46. The van der Waals surface area contributed by atoms with Crippen LogP contribution < -0.4 is 0 Å². The molecule has 1 N–H and O–H groups in total. The first kappa shape index (κ1) is 37.4. The molecule has 0 fully saturated rings. The predicted molar refractivity (Wildman–Crippen MR) is 174 cm³/mol. The molecule has 0 aromatic rings. The van der Waals surface area contributed by atoms with Crippen molar-refractivity contribution in [1.29, 1.82) is 0 Å². The Balaban J connectivity index is 3.12. The number of unbranched alkanes of at least 4 members (excludes halogenated alkanes) is 28. The first-order valence-corrected chi connectivity index (χ1v) is 17.8. The fourth-order valence-corrected chi connectivity index (χ4v) is 5.46. The van der Waals surface area contributed by atoms with Crippen LogP contribution in [-0.4, -0.2) is 11.7 Å². The molecule has 0 saturated heterocycles. The van der Waals surface area contributed by atoms with Gasteiger partial charge in [0.05, 0.1) is 0 Å². The van der Waals surface area contributed by atoms with Crippen molar-refractivity contribution in [3.8, 4) is 0 Å². The highest BCUT2D eigenvalue weighted by Crippen LogP contribution is 2.15. The lowest BCUT2D eigenvalue weighted by Crippen LogP contribution is -1.85. The van der Waals surface area contributed by atoms with Gasteiger partial charge < -0.3 is 5.11 Å². The molecular formula is C37H72O. The molecule has 0 radical (unpaired) electrons. The molecular weight excluding hydrogens is 460 g/mol. The predicted octanol–water partition coefficient (Wildman–Crippen LogP) is 13.2. The Morgan fingerprint density at radius 1 is 0.316 bits per heavy atom. The number of allylic oxidation sites excluding steroid dienone is 4. The van der Waals surface area contributed by atoms with Gasteiger partial charge in [0.1, 0.15) is 0 Å². The van der Waals surface area contributed by atoms with Crippen LogP contribution in [-0.2, 0) is 0 Å². The third kappa shape index (κ3) is 35.4. The third-order valence-electron chi connectivity index (χ3n) is 8.11. The van der Waals surface area contributed by atoms with Crippen LogP contribution >= 0.6 is 0 Å². The minimum absolute atomic E-state index is 0.371. The van der Waals surface area contributed by atoms with Crippen LogP contribution in [0.1, 0.15) is 206 Å². The number of aliphatic hydroxyl groups is 1. The van der Waals surface area contributed by atoms with Gasteiger partial charge in [-0.2, -0.15) is 0 Å². The van der Waals surface area contributed by atoms with E-state index < -0.39 is 0 Å². The van der Waals surface area contributed by atoms with Gasteiger partial charge in [0.25, 0.3) is 0 Å². The lowest BCUT2D eigenvalue weighted by Gasteiger charge is -2.04. The summed E-state index contributed by atoms with van der Waals surface area (Å²) in [6.45, 7) is 2.67. The van der Waals surface area contributed by atoms with Crippen LogP contribution in [0.2, 0.25) is 0 Å². The summed E-state index contributed by atoms with van der Waals surface area (Å²) in [6.07, 6.45) is 52.6. The molecule has 0 aromatic heterocycles.